The maximum Gasteiger partial charge on any atom is 0.251 e. The number of carbonyl (C=O) groups is 1. The van der Waals surface area contributed by atoms with Crippen LogP contribution < -0.4 is 10.1 Å². The van der Waals surface area contributed by atoms with Crippen molar-refractivity contribution < 1.29 is 14.3 Å². The summed E-state index contributed by atoms with van der Waals surface area (Å²) < 4.78 is 13.7. The molecule has 4 rings (SSSR count). The zero-order valence-corrected chi connectivity index (χ0v) is 14.6. The third kappa shape index (κ3) is 3.26. The van der Waals surface area contributed by atoms with Crippen LogP contribution in [0.2, 0.25) is 0 Å². The van der Waals surface area contributed by atoms with E-state index in [1.54, 1.807) is 0 Å². The lowest BCUT2D eigenvalue weighted by Gasteiger charge is -2.25. The van der Waals surface area contributed by atoms with Crippen LogP contribution in [-0.4, -0.2) is 40.3 Å². The first-order valence-electron chi connectivity index (χ1n) is 8.74. The largest absolute Gasteiger partial charge is 0.485 e. The number of nitrogens with one attached hydrogen (secondary N) is 1. The Bertz CT molecular complexity index is 791. The fourth-order valence-corrected chi connectivity index (χ4v) is 3.49. The minimum Gasteiger partial charge on any atom is -0.485 e. The first kappa shape index (κ1) is 16.1. The third-order valence-corrected chi connectivity index (χ3v) is 4.66. The van der Waals surface area contributed by atoms with Crippen molar-refractivity contribution in [1.82, 2.24) is 14.9 Å². The minimum absolute atomic E-state index is 0.0760. The number of aromatic nitrogens is 2. The molecule has 2 aromatic rings. The van der Waals surface area contributed by atoms with Crippen LogP contribution in [0.1, 0.15) is 37.0 Å². The SMILES string of the molecule is CC1(C)Cn2cncc2-c2cc(C(=O)N[C@@H]3CCCOC3)ccc2O1. The molecule has 0 bridgehead atoms. The van der Waals surface area contributed by atoms with E-state index in [1.807, 2.05) is 30.7 Å². The number of ether oxygens (including phenoxy) is 2. The van der Waals surface area contributed by atoms with Crippen molar-refractivity contribution >= 4 is 5.91 Å². The lowest BCUT2D eigenvalue weighted by molar-refractivity contribution is 0.0624. The maximum absolute atomic E-state index is 12.6. The summed E-state index contributed by atoms with van der Waals surface area (Å²) in [6.45, 7) is 6.17. The Labute approximate surface area is 147 Å². The summed E-state index contributed by atoms with van der Waals surface area (Å²) in [5.74, 6) is 0.703. The molecule has 0 aliphatic carbocycles. The maximum atomic E-state index is 12.6. The van der Waals surface area contributed by atoms with Gasteiger partial charge in [-0.2, -0.15) is 0 Å². The molecule has 0 spiro atoms. The molecule has 1 N–H and O–H groups in total. The lowest BCUT2D eigenvalue weighted by atomic mass is 10.1. The molecule has 0 unspecified atom stereocenters. The van der Waals surface area contributed by atoms with Gasteiger partial charge < -0.3 is 19.4 Å². The van der Waals surface area contributed by atoms with Gasteiger partial charge in [0.05, 0.1) is 37.4 Å². The van der Waals surface area contributed by atoms with Crippen LogP contribution in [0.3, 0.4) is 0 Å². The van der Waals surface area contributed by atoms with Crippen LogP contribution in [-0.2, 0) is 11.3 Å². The van der Waals surface area contributed by atoms with Crippen LogP contribution in [0.15, 0.2) is 30.7 Å². The normalized spacial score (nSPS) is 21.4. The molecule has 3 heterocycles. The highest BCUT2D eigenvalue weighted by Gasteiger charge is 2.29. The Kier molecular flexibility index (Phi) is 4.00. The number of hydrogen-bond donors (Lipinski definition) is 1. The smallest absolute Gasteiger partial charge is 0.251 e. The summed E-state index contributed by atoms with van der Waals surface area (Å²) in [5.41, 5.74) is 2.15. The van der Waals surface area contributed by atoms with Gasteiger partial charge in [-0.1, -0.05) is 0 Å². The van der Waals surface area contributed by atoms with E-state index in [4.69, 9.17) is 9.47 Å². The molecule has 6 heteroatoms. The summed E-state index contributed by atoms with van der Waals surface area (Å²) in [6.07, 6.45) is 5.57. The third-order valence-electron chi connectivity index (χ3n) is 4.66. The molecule has 1 aromatic heterocycles. The molecule has 6 nitrogen and oxygen atoms in total. The number of benzene rings is 1. The van der Waals surface area contributed by atoms with Gasteiger partial charge in [0.1, 0.15) is 11.4 Å². The van der Waals surface area contributed by atoms with Crippen molar-refractivity contribution in [3.63, 3.8) is 0 Å². The first-order valence-corrected chi connectivity index (χ1v) is 8.74. The molecule has 0 radical (unpaired) electrons. The standard InChI is InChI=1S/C19H23N3O3/c1-19(2)11-22-12-20-9-16(22)15-8-13(5-6-17(15)25-19)18(23)21-14-4-3-7-24-10-14/h5-6,8-9,12,14H,3-4,7,10-11H2,1-2H3,(H,21,23)/t14-/m1/s1. The van der Waals surface area contributed by atoms with Gasteiger partial charge in [0.2, 0.25) is 0 Å². The molecule has 1 saturated heterocycles. The second-order valence-electron chi connectivity index (χ2n) is 7.37. The Morgan fingerprint density at radius 3 is 3.08 bits per heavy atom. The van der Waals surface area contributed by atoms with Gasteiger partial charge in [-0.15, -0.1) is 0 Å². The summed E-state index contributed by atoms with van der Waals surface area (Å²) in [7, 11) is 0. The van der Waals surface area contributed by atoms with Crippen molar-refractivity contribution in [3.05, 3.63) is 36.3 Å². The number of hydrogen-bond acceptors (Lipinski definition) is 4. The monoisotopic (exact) mass is 341 g/mol. The van der Waals surface area contributed by atoms with E-state index in [0.29, 0.717) is 18.7 Å². The lowest BCUT2D eigenvalue weighted by Crippen LogP contribution is -2.40. The van der Waals surface area contributed by atoms with Crippen LogP contribution in [0.5, 0.6) is 5.75 Å². The summed E-state index contributed by atoms with van der Waals surface area (Å²) >= 11 is 0. The van der Waals surface area contributed by atoms with E-state index in [1.165, 1.54) is 0 Å². The van der Waals surface area contributed by atoms with Crippen molar-refractivity contribution in [2.75, 3.05) is 13.2 Å². The van der Waals surface area contributed by atoms with Crippen LogP contribution in [0.4, 0.5) is 0 Å². The molecular weight excluding hydrogens is 318 g/mol. The highest BCUT2D eigenvalue weighted by molar-refractivity contribution is 5.96. The predicted octanol–water partition coefficient (Wildman–Crippen LogP) is 2.63. The Balaban J connectivity index is 1.65. The molecule has 1 amide bonds. The van der Waals surface area contributed by atoms with E-state index >= 15 is 0 Å². The number of carbonyl (C=O) groups excluding carboxylic acids is 1. The molecule has 0 saturated carbocycles. The second-order valence-corrected chi connectivity index (χ2v) is 7.37. The van der Waals surface area contributed by atoms with Gasteiger partial charge in [-0.25, -0.2) is 4.98 Å². The number of fused-ring (bicyclic) bond motifs is 3. The molecule has 2 aliphatic rings. The van der Waals surface area contributed by atoms with Crippen molar-refractivity contribution in [2.24, 2.45) is 0 Å². The van der Waals surface area contributed by atoms with Crippen LogP contribution in [0.25, 0.3) is 11.3 Å². The Morgan fingerprint density at radius 1 is 1.40 bits per heavy atom. The molecule has 132 valence electrons. The quantitative estimate of drug-likeness (QED) is 0.912. The fourth-order valence-electron chi connectivity index (χ4n) is 3.49. The Hall–Kier alpha value is -2.34. The summed E-state index contributed by atoms with van der Waals surface area (Å²) in [4.78, 5) is 16.9. The van der Waals surface area contributed by atoms with E-state index < -0.39 is 0 Å². The second kappa shape index (κ2) is 6.19. The van der Waals surface area contributed by atoms with E-state index in [2.05, 4.69) is 28.7 Å². The molecule has 1 atom stereocenters. The van der Waals surface area contributed by atoms with E-state index in [0.717, 1.165) is 36.5 Å². The zero-order valence-electron chi connectivity index (χ0n) is 14.6. The molecular formula is C19H23N3O3. The van der Waals surface area contributed by atoms with Gasteiger partial charge in [-0.05, 0) is 44.9 Å². The van der Waals surface area contributed by atoms with Gasteiger partial charge in [0.15, 0.2) is 0 Å². The van der Waals surface area contributed by atoms with Crippen LogP contribution >= 0.6 is 0 Å². The zero-order chi connectivity index (χ0) is 17.4. The average Bonchev–Trinajstić information content (AvgIpc) is 2.98. The first-order chi connectivity index (χ1) is 12.0. The highest BCUT2D eigenvalue weighted by atomic mass is 16.5. The van der Waals surface area contributed by atoms with Crippen LogP contribution in [0, 0.1) is 0 Å². The number of amides is 1. The molecule has 1 fully saturated rings. The minimum atomic E-state index is -0.343. The predicted molar refractivity (Wildman–Crippen MR) is 93.7 cm³/mol. The van der Waals surface area contributed by atoms with Crippen molar-refractivity contribution in [3.8, 4) is 17.0 Å². The molecule has 1 aromatic carbocycles. The fraction of sp³-hybridized carbons (Fsp3) is 0.474. The average molecular weight is 341 g/mol. The number of rotatable bonds is 2. The molecule has 2 aliphatic heterocycles. The Morgan fingerprint density at radius 2 is 2.28 bits per heavy atom. The van der Waals surface area contributed by atoms with Gasteiger partial charge in [0, 0.05) is 17.7 Å². The summed E-state index contributed by atoms with van der Waals surface area (Å²) in [5, 5.41) is 3.06. The van der Waals surface area contributed by atoms with E-state index in [-0.39, 0.29) is 17.6 Å². The topological polar surface area (TPSA) is 65.4 Å². The summed E-state index contributed by atoms with van der Waals surface area (Å²) in [6, 6.07) is 5.68. The highest BCUT2D eigenvalue weighted by Crippen LogP contribution is 2.37. The van der Waals surface area contributed by atoms with Crippen molar-refractivity contribution in [1.29, 1.82) is 0 Å². The molecule has 25 heavy (non-hydrogen) atoms. The van der Waals surface area contributed by atoms with Gasteiger partial charge >= 0.3 is 0 Å². The number of imidazole rings is 1. The van der Waals surface area contributed by atoms with Gasteiger partial charge in [0.25, 0.3) is 5.91 Å². The number of nitrogens with zero attached hydrogens (tertiary/aromatic N) is 2. The van der Waals surface area contributed by atoms with Crippen molar-refractivity contribution in [2.45, 2.75) is 44.9 Å². The van der Waals surface area contributed by atoms with Gasteiger partial charge in [-0.3, -0.25) is 4.79 Å². The van der Waals surface area contributed by atoms with E-state index in [9.17, 15) is 4.79 Å².